The van der Waals surface area contributed by atoms with Gasteiger partial charge in [0.1, 0.15) is 11.9 Å². The van der Waals surface area contributed by atoms with Gasteiger partial charge in [0.25, 0.3) is 0 Å². The molecule has 1 rings (SSSR count). The molecule has 0 fully saturated rings. The SMILES string of the molecule is CCCCOC(C)C(=O)NCc1nccn1C(F)F. The molecule has 0 aromatic carbocycles. The fourth-order valence-electron chi connectivity index (χ4n) is 1.45. The highest BCUT2D eigenvalue weighted by atomic mass is 19.3. The molecule has 1 aromatic rings. The minimum atomic E-state index is -2.66. The predicted octanol–water partition coefficient (Wildman–Crippen LogP) is 2.10. The fourth-order valence-corrected chi connectivity index (χ4v) is 1.45. The van der Waals surface area contributed by atoms with Crippen molar-refractivity contribution < 1.29 is 18.3 Å². The van der Waals surface area contributed by atoms with Gasteiger partial charge < -0.3 is 10.1 Å². The molecule has 0 aliphatic heterocycles. The topological polar surface area (TPSA) is 56.1 Å². The number of amides is 1. The molecule has 0 bridgehead atoms. The lowest BCUT2D eigenvalue weighted by atomic mass is 10.3. The average molecular weight is 275 g/mol. The smallest absolute Gasteiger partial charge is 0.319 e. The summed E-state index contributed by atoms with van der Waals surface area (Å²) in [5.41, 5.74) is 0. The van der Waals surface area contributed by atoms with Crippen LogP contribution in [0.15, 0.2) is 12.4 Å². The van der Waals surface area contributed by atoms with Crippen LogP contribution in [0, 0.1) is 0 Å². The lowest BCUT2D eigenvalue weighted by molar-refractivity contribution is -0.132. The van der Waals surface area contributed by atoms with Crippen LogP contribution in [0.5, 0.6) is 0 Å². The first-order valence-corrected chi connectivity index (χ1v) is 6.25. The van der Waals surface area contributed by atoms with Crippen molar-refractivity contribution in [1.29, 1.82) is 0 Å². The summed E-state index contributed by atoms with van der Waals surface area (Å²) in [4.78, 5) is 15.4. The van der Waals surface area contributed by atoms with E-state index < -0.39 is 12.7 Å². The average Bonchev–Trinajstić information content (AvgIpc) is 2.84. The summed E-state index contributed by atoms with van der Waals surface area (Å²) in [7, 11) is 0. The van der Waals surface area contributed by atoms with Crippen molar-refractivity contribution in [3.8, 4) is 0 Å². The first-order valence-electron chi connectivity index (χ1n) is 6.25. The molecule has 1 aromatic heterocycles. The second kappa shape index (κ2) is 7.83. The molecule has 0 spiro atoms. The fraction of sp³-hybridized carbons (Fsp3) is 0.667. The normalized spacial score (nSPS) is 12.7. The van der Waals surface area contributed by atoms with Crippen LogP contribution in [0.3, 0.4) is 0 Å². The van der Waals surface area contributed by atoms with Crippen LogP contribution in [0.2, 0.25) is 0 Å². The first kappa shape index (κ1) is 15.6. The van der Waals surface area contributed by atoms with Crippen LogP contribution in [-0.2, 0) is 16.1 Å². The number of nitrogens with zero attached hydrogens (tertiary/aromatic N) is 2. The number of rotatable bonds is 8. The quantitative estimate of drug-likeness (QED) is 0.739. The third-order valence-electron chi connectivity index (χ3n) is 2.61. The Balaban J connectivity index is 2.39. The summed E-state index contributed by atoms with van der Waals surface area (Å²) in [5, 5.41) is 2.53. The third kappa shape index (κ3) is 4.94. The number of hydrogen-bond donors (Lipinski definition) is 1. The van der Waals surface area contributed by atoms with Crippen LogP contribution in [0.1, 0.15) is 39.1 Å². The molecule has 19 heavy (non-hydrogen) atoms. The zero-order chi connectivity index (χ0) is 14.3. The number of alkyl halides is 2. The van der Waals surface area contributed by atoms with Crippen molar-refractivity contribution >= 4 is 5.91 Å². The van der Waals surface area contributed by atoms with Gasteiger partial charge in [-0.1, -0.05) is 13.3 Å². The van der Waals surface area contributed by atoms with Crippen molar-refractivity contribution in [2.24, 2.45) is 0 Å². The monoisotopic (exact) mass is 275 g/mol. The molecule has 5 nitrogen and oxygen atoms in total. The Morgan fingerprint density at radius 1 is 1.58 bits per heavy atom. The lowest BCUT2D eigenvalue weighted by Crippen LogP contribution is -2.35. The molecule has 0 aliphatic carbocycles. The molecule has 1 unspecified atom stereocenters. The van der Waals surface area contributed by atoms with Crippen molar-refractivity contribution in [3.63, 3.8) is 0 Å². The van der Waals surface area contributed by atoms with Gasteiger partial charge in [0.2, 0.25) is 5.91 Å². The van der Waals surface area contributed by atoms with Gasteiger partial charge in [-0.3, -0.25) is 9.36 Å². The summed E-state index contributed by atoms with van der Waals surface area (Å²) in [6, 6.07) is 0. The Bertz CT molecular complexity index is 396. The molecule has 1 heterocycles. The van der Waals surface area contributed by atoms with Crippen LogP contribution in [-0.4, -0.2) is 28.2 Å². The number of imidazole rings is 1. The van der Waals surface area contributed by atoms with Gasteiger partial charge >= 0.3 is 6.55 Å². The number of hydrogen-bond acceptors (Lipinski definition) is 3. The van der Waals surface area contributed by atoms with Crippen molar-refractivity contribution in [3.05, 3.63) is 18.2 Å². The van der Waals surface area contributed by atoms with Gasteiger partial charge in [0.05, 0.1) is 6.54 Å². The van der Waals surface area contributed by atoms with Gasteiger partial charge in [0, 0.05) is 19.0 Å². The van der Waals surface area contributed by atoms with E-state index in [0.717, 1.165) is 12.8 Å². The van der Waals surface area contributed by atoms with E-state index in [1.165, 1.54) is 12.4 Å². The summed E-state index contributed by atoms with van der Waals surface area (Å²) < 4.78 is 31.1. The van der Waals surface area contributed by atoms with E-state index in [0.29, 0.717) is 11.2 Å². The minimum Gasteiger partial charge on any atom is -0.369 e. The standard InChI is InChI=1S/C12H19F2N3O2/c1-3-4-7-19-9(2)11(18)16-8-10-15-5-6-17(10)12(13)14/h5-6,9,12H,3-4,7-8H2,1-2H3,(H,16,18). The number of carbonyl (C=O) groups excluding carboxylic acids is 1. The Labute approximate surface area is 111 Å². The maximum absolute atomic E-state index is 12.5. The molecule has 1 amide bonds. The number of ether oxygens (including phenoxy) is 1. The zero-order valence-electron chi connectivity index (χ0n) is 11.1. The van der Waals surface area contributed by atoms with Crippen molar-refractivity contribution in [2.75, 3.05) is 6.61 Å². The summed E-state index contributed by atoms with van der Waals surface area (Å²) in [6.07, 6.45) is 3.72. The van der Waals surface area contributed by atoms with Gasteiger partial charge in [-0.25, -0.2) is 4.98 Å². The summed E-state index contributed by atoms with van der Waals surface area (Å²) >= 11 is 0. The summed E-state index contributed by atoms with van der Waals surface area (Å²) in [6.45, 7) is 1.46. The molecule has 108 valence electrons. The number of nitrogens with one attached hydrogen (secondary N) is 1. The van der Waals surface area contributed by atoms with Crippen molar-refractivity contribution in [2.45, 2.75) is 45.9 Å². The van der Waals surface area contributed by atoms with Crippen molar-refractivity contribution in [1.82, 2.24) is 14.9 Å². The van der Waals surface area contributed by atoms with E-state index in [4.69, 9.17) is 4.74 Å². The Morgan fingerprint density at radius 3 is 2.95 bits per heavy atom. The highest BCUT2D eigenvalue weighted by Crippen LogP contribution is 2.11. The number of halogens is 2. The Kier molecular flexibility index (Phi) is 6.41. The molecule has 0 radical (unpaired) electrons. The zero-order valence-corrected chi connectivity index (χ0v) is 11.1. The number of carbonyl (C=O) groups is 1. The number of aromatic nitrogens is 2. The highest BCUT2D eigenvalue weighted by molar-refractivity contribution is 5.80. The van der Waals surface area contributed by atoms with E-state index in [1.807, 2.05) is 6.92 Å². The molecule has 0 aliphatic rings. The highest BCUT2D eigenvalue weighted by Gasteiger charge is 2.15. The third-order valence-corrected chi connectivity index (χ3v) is 2.61. The summed E-state index contributed by atoms with van der Waals surface area (Å²) in [5.74, 6) is -0.218. The van der Waals surface area contributed by atoms with E-state index in [9.17, 15) is 13.6 Å². The molecule has 7 heteroatoms. The van der Waals surface area contributed by atoms with Crippen LogP contribution >= 0.6 is 0 Å². The molecular weight excluding hydrogens is 256 g/mol. The van der Waals surface area contributed by atoms with Crippen LogP contribution in [0.25, 0.3) is 0 Å². The van der Waals surface area contributed by atoms with Crippen LogP contribution < -0.4 is 5.32 Å². The van der Waals surface area contributed by atoms with E-state index in [2.05, 4.69) is 10.3 Å². The van der Waals surface area contributed by atoms with Gasteiger partial charge in [-0.15, -0.1) is 0 Å². The first-order chi connectivity index (χ1) is 9.06. The molecule has 0 saturated carbocycles. The molecular formula is C12H19F2N3O2. The second-order valence-electron chi connectivity index (χ2n) is 4.11. The van der Waals surface area contributed by atoms with E-state index in [-0.39, 0.29) is 18.3 Å². The van der Waals surface area contributed by atoms with Crippen LogP contribution in [0.4, 0.5) is 8.78 Å². The van der Waals surface area contributed by atoms with Gasteiger partial charge in [-0.05, 0) is 13.3 Å². The molecule has 1 N–H and O–H groups in total. The molecule has 0 saturated heterocycles. The second-order valence-corrected chi connectivity index (χ2v) is 4.11. The maximum atomic E-state index is 12.5. The maximum Gasteiger partial charge on any atom is 0.319 e. The predicted molar refractivity (Wildman–Crippen MR) is 65.6 cm³/mol. The van der Waals surface area contributed by atoms with E-state index in [1.54, 1.807) is 6.92 Å². The minimum absolute atomic E-state index is 0.0440. The Morgan fingerprint density at radius 2 is 2.32 bits per heavy atom. The van der Waals surface area contributed by atoms with Gasteiger partial charge in [0.15, 0.2) is 0 Å². The molecule has 1 atom stereocenters. The Hall–Kier alpha value is -1.50. The largest absolute Gasteiger partial charge is 0.369 e. The van der Waals surface area contributed by atoms with E-state index >= 15 is 0 Å². The number of unbranched alkanes of at least 4 members (excludes halogenated alkanes) is 1. The van der Waals surface area contributed by atoms with Gasteiger partial charge in [-0.2, -0.15) is 8.78 Å². The lowest BCUT2D eigenvalue weighted by Gasteiger charge is -2.13.